The van der Waals surface area contributed by atoms with Crippen molar-refractivity contribution in [3.05, 3.63) is 0 Å². The second-order valence-corrected chi connectivity index (χ2v) is 5.38. The van der Waals surface area contributed by atoms with Gasteiger partial charge in [-0.25, -0.2) is 0 Å². The highest BCUT2D eigenvalue weighted by atomic mass is 16.1. The van der Waals surface area contributed by atoms with Crippen molar-refractivity contribution in [2.45, 2.75) is 63.1 Å². The first-order chi connectivity index (χ1) is 7.65. The summed E-state index contributed by atoms with van der Waals surface area (Å²) in [5, 5.41) is 3.08. The number of nitrogens with one attached hydrogen (secondary N) is 1. The summed E-state index contributed by atoms with van der Waals surface area (Å²) in [5.74, 6) is 0.727. The van der Waals surface area contributed by atoms with Gasteiger partial charge in [0.05, 0.1) is 0 Å². The van der Waals surface area contributed by atoms with E-state index < -0.39 is 0 Å². The first-order valence-electron chi connectivity index (χ1n) is 6.45. The molecule has 0 aromatic carbocycles. The summed E-state index contributed by atoms with van der Waals surface area (Å²) < 4.78 is 0. The van der Waals surface area contributed by atoms with Gasteiger partial charge in [0.25, 0.3) is 0 Å². The van der Waals surface area contributed by atoms with E-state index in [1.807, 2.05) is 0 Å². The molecule has 2 fully saturated rings. The smallest absolute Gasteiger partial charge is 0.221 e. The molecule has 0 aromatic rings. The third-order valence-electron chi connectivity index (χ3n) is 3.79. The zero-order valence-electron chi connectivity index (χ0n) is 9.82. The second kappa shape index (κ2) is 5.15. The Morgan fingerprint density at radius 3 is 2.38 bits per heavy atom. The van der Waals surface area contributed by atoms with Crippen molar-refractivity contribution in [2.75, 3.05) is 0 Å². The van der Waals surface area contributed by atoms with E-state index in [0.717, 1.165) is 25.7 Å². The fourth-order valence-corrected chi connectivity index (χ4v) is 2.46. The minimum Gasteiger partial charge on any atom is -0.353 e. The zero-order chi connectivity index (χ0) is 11.5. The van der Waals surface area contributed by atoms with Crippen LogP contribution in [0.15, 0.2) is 0 Å². The van der Waals surface area contributed by atoms with E-state index in [0.29, 0.717) is 24.4 Å². The van der Waals surface area contributed by atoms with E-state index in [1.54, 1.807) is 0 Å². The van der Waals surface area contributed by atoms with Crippen LogP contribution in [0, 0.1) is 5.92 Å². The van der Waals surface area contributed by atoms with Crippen molar-refractivity contribution >= 4 is 5.91 Å². The fraction of sp³-hybridized carbons (Fsp3) is 0.917. The van der Waals surface area contributed by atoms with E-state index >= 15 is 0 Å². The molecule has 0 aliphatic heterocycles. The van der Waals surface area contributed by atoms with Gasteiger partial charge in [-0.1, -0.05) is 0 Å². The van der Waals surface area contributed by atoms with Crippen molar-refractivity contribution < 1.29 is 4.79 Å². The van der Waals surface area contributed by atoms with Crippen LogP contribution in [-0.2, 0) is 4.79 Å². The maximum absolute atomic E-state index is 11.7. The molecule has 4 nitrogen and oxygen atoms in total. The van der Waals surface area contributed by atoms with Gasteiger partial charge in [0.15, 0.2) is 0 Å². The summed E-state index contributed by atoms with van der Waals surface area (Å²) >= 11 is 0. The van der Waals surface area contributed by atoms with Gasteiger partial charge in [0.2, 0.25) is 5.91 Å². The van der Waals surface area contributed by atoms with E-state index in [9.17, 15) is 4.79 Å². The van der Waals surface area contributed by atoms with Crippen LogP contribution >= 0.6 is 0 Å². The zero-order valence-corrected chi connectivity index (χ0v) is 9.82. The number of amides is 1. The summed E-state index contributed by atoms with van der Waals surface area (Å²) in [6, 6.07) is 0.742. The van der Waals surface area contributed by atoms with Gasteiger partial charge in [-0.2, -0.15) is 0 Å². The van der Waals surface area contributed by atoms with Crippen LogP contribution in [0.25, 0.3) is 0 Å². The summed E-state index contributed by atoms with van der Waals surface area (Å²) in [6.07, 6.45) is 6.99. The molecule has 2 aliphatic rings. The van der Waals surface area contributed by atoms with Crippen molar-refractivity contribution in [2.24, 2.45) is 17.4 Å². The molecule has 0 bridgehead atoms. The van der Waals surface area contributed by atoms with Crippen LogP contribution in [0.4, 0.5) is 0 Å². The number of carbonyl (C=O) groups is 1. The first-order valence-corrected chi connectivity index (χ1v) is 6.45. The summed E-state index contributed by atoms with van der Waals surface area (Å²) in [6.45, 7) is 0. The average molecular weight is 225 g/mol. The molecule has 0 radical (unpaired) electrons. The fourth-order valence-electron chi connectivity index (χ4n) is 2.46. The Kier molecular flexibility index (Phi) is 3.82. The SMILES string of the molecule is NC1CCC(NC(=O)CC(N)C2CC2)CC1. The van der Waals surface area contributed by atoms with Gasteiger partial charge in [-0.3, -0.25) is 4.79 Å². The molecule has 0 heterocycles. The highest BCUT2D eigenvalue weighted by Crippen LogP contribution is 2.32. The number of hydrogen-bond acceptors (Lipinski definition) is 3. The Hall–Kier alpha value is -0.610. The lowest BCUT2D eigenvalue weighted by Gasteiger charge is -2.27. The Bertz CT molecular complexity index is 245. The molecule has 0 spiro atoms. The Morgan fingerprint density at radius 1 is 1.19 bits per heavy atom. The van der Waals surface area contributed by atoms with Gasteiger partial charge in [-0.05, 0) is 44.4 Å². The molecular weight excluding hydrogens is 202 g/mol. The quantitative estimate of drug-likeness (QED) is 0.651. The lowest BCUT2D eigenvalue weighted by atomic mass is 9.91. The molecule has 2 saturated carbocycles. The maximum Gasteiger partial charge on any atom is 0.221 e. The standard InChI is InChI=1S/C12H23N3O/c13-9-3-5-10(6-4-9)15-12(16)7-11(14)8-1-2-8/h8-11H,1-7,13-14H2,(H,15,16). The van der Waals surface area contributed by atoms with Gasteiger partial charge >= 0.3 is 0 Å². The number of rotatable bonds is 4. The van der Waals surface area contributed by atoms with E-state index in [2.05, 4.69) is 5.32 Å². The molecule has 0 saturated heterocycles. The number of nitrogens with two attached hydrogens (primary N) is 2. The Balaban J connectivity index is 1.66. The molecule has 4 heteroatoms. The lowest BCUT2D eigenvalue weighted by Crippen LogP contribution is -2.42. The number of hydrogen-bond donors (Lipinski definition) is 3. The monoisotopic (exact) mass is 225 g/mol. The van der Waals surface area contributed by atoms with Crippen molar-refractivity contribution in [1.82, 2.24) is 5.32 Å². The molecule has 5 N–H and O–H groups in total. The van der Waals surface area contributed by atoms with E-state index in [-0.39, 0.29) is 11.9 Å². The lowest BCUT2D eigenvalue weighted by molar-refractivity contribution is -0.122. The van der Waals surface area contributed by atoms with Gasteiger partial charge in [-0.15, -0.1) is 0 Å². The summed E-state index contributed by atoms with van der Waals surface area (Å²) in [4.78, 5) is 11.7. The molecular formula is C12H23N3O. The molecule has 2 rings (SSSR count). The van der Waals surface area contributed by atoms with Crippen molar-refractivity contribution in [3.63, 3.8) is 0 Å². The topological polar surface area (TPSA) is 81.1 Å². The largest absolute Gasteiger partial charge is 0.353 e. The second-order valence-electron chi connectivity index (χ2n) is 5.38. The first kappa shape index (κ1) is 11.9. The Labute approximate surface area is 97.1 Å². The highest BCUT2D eigenvalue weighted by Gasteiger charge is 2.30. The molecule has 2 aliphatic carbocycles. The van der Waals surface area contributed by atoms with Crippen LogP contribution in [0.1, 0.15) is 44.9 Å². The predicted octanol–water partition coefficient (Wildman–Crippen LogP) is 0.500. The summed E-state index contributed by atoms with van der Waals surface area (Å²) in [7, 11) is 0. The van der Waals surface area contributed by atoms with Crippen LogP contribution in [0.5, 0.6) is 0 Å². The van der Waals surface area contributed by atoms with Crippen LogP contribution in [0.3, 0.4) is 0 Å². The van der Waals surface area contributed by atoms with E-state index in [4.69, 9.17) is 11.5 Å². The van der Waals surface area contributed by atoms with Crippen LogP contribution in [-0.4, -0.2) is 24.0 Å². The van der Waals surface area contributed by atoms with Gasteiger partial charge < -0.3 is 16.8 Å². The number of carbonyl (C=O) groups excluding carboxylic acids is 1. The molecule has 1 unspecified atom stereocenters. The highest BCUT2D eigenvalue weighted by molar-refractivity contribution is 5.77. The van der Waals surface area contributed by atoms with Crippen molar-refractivity contribution in [1.29, 1.82) is 0 Å². The van der Waals surface area contributed by atoms with E-state index in [1.165, 1.54) is 12.8 Å². The average Bonchev–Trinajstić information content (AvgIpc) is 3.04. The minimum atomic E-state index is 0.0749. The molecule has 1 amide bonds. The molecule has 16 heavy (non-hydrogen) atoms. The predicted molar refractivity (Wildman–Crippen MR) is 63.7 cm³/mol. The molecule has 1 atom stereocenters. The third kappa shape index (κ3) is 3.46. The van der Waals surface area contributed by atoms with Crippen LogP contribution < -0.4 is 16.8 Å². The van der Waals surface area contributed by atoms with Crippen molar-refractivity contribution in [3.8, 4) is 0 Å². The normalized spacial score (nSPS) is 32.1. The Morgan fingerprint density at radius 2 is 1.81 bits per heavy atom. The molecule has 0 aromatic heterocycles. The summed E-state index contributed by atoms with van der Waals surface area (Å²) in [5.41, 5.74) is 11.8. The molecule has 92 valence electrons. The maximum atomic E-state index is 11.7. The van der Waals surface area contributed by atoms with Crippen LogP contribution in [0.2, 0.25) is 0 Å². The minimum absolute atomic E-state index is 0.0749. The van der Waals surface area contributed by atoms with Gasteiger partial charge in [0, 0.05) is 24.5 Å². The third-order valence-corrected chi connectivity index (χ3v) is 3.79. The van der Waals surface area contributed by atoms with Gasteiger partial charge in [0.1, 0.15) is 0 Å².